The minimum Gasteiger partial charge on any atom is -0.545 e. The maximum atomic E-state index is 9.32. The number of carbonyl (C=O) groups excluding carboxylic acids is 1. The molecule has 0 saturated heterocycles. The predicted molar refractivity (Wildman–Crippen MR) is 48.6 cm³/mol. The normalized spacial score (nSPS) is 10.8. The zero-order valence-corrected chi connectivity index (χ0v) is 8.76. The van der Waals surface area contributed by atoms with Crippen LogP contribution in [0.25, 0.3) is 0 Å². The number of carboxylic acids is 1. The fourth-order valence-electron chi connectivity index (χ4n) is 0.0514. The third kappa shape index (κ3) is 22.7. The average Bonchev–Trinajstić information content (AvgIpc) is 1.87. The summed E-state index contributed by atoms with van der Waals surface area (Å²) in [5.74, 6) is -1.27. The molecule has 0 unspecified atom stereocenters. The monoisotopic (exact) mass is 193 g/mol. The van der Waals surface area contributed by atoms with E-state index in [2.05, 4.69) is 28.1 Å². The summed E-state index contributed by atoms with van der Waals surface area (Å²) in [5.41, 5.74) is 0.884. The molecule has 0 saturated carbocycles. The molecule has 0 fully saturated rings. The molecule has 3 nitrogen and oxygen atoms in total. The highest BCUT2D eigenvalue weighted by atomic mass is 35.5. The van der Waals surface area contributed by atoms with Crippen molar-refractivity contribution in [2.24, 2.45) is 0 Å². The van der Waals surface area contributed by atoms with Gasteiger partial charge in [-0.15, -0.1) is 0 Å². The lowest BCUT2D eigenvalue weighted by molar-refractivity contribution is -0.868. The van der Waals surface area contributed by atoms with E-state index < -0.39 is 5.97 Å². The van der Waals surface area contributed by atoms with Gasteiger partial charge in [-0.25, -0.2) is 0 Å². The minimum atomic E-state index is -1.27. The first kappa shape index (κ1) is 14.0. The van der Waals surface area contributed by atoms with Gasteiger partial charge in [-0.3, -0.25) is 0 Å². The Kier molecular flexibility index (Phi) is 8.32. The van der Waals surface area contributed by atoms with Gasteiger partial charge in [0.2, 0.25) is 0 Å². The number of hydrogen-bond donors (Lipinski definition) is 0. The van der Waals surface area contributed by atoms with Crippen molar-refractivity contribution in [2.75, 3.05) is 27.7 Å². The van der Waals surface area contributed by atoms with Crippen LogP contribution < -0.4 is 5.11 Å². The molecule has 0 aliphatic carbocycles. The maximum absolute atomic E-state index is 9.32. The lowest BCUT2D eigenvalue weighted by Crippen LogP contribution is -2.33. The molecule has 0 amide bonds. The van der Waals surface area contributed by atoms with Gasteiger partial charge in [-0.2, -0.15) is 0 Å². The minimum absolute atomic E-state index is 0.738. The van der Waals surface area contributed by atoms with Crippen molar-refractivity contribution < 1.29 is 14.4 Å². The summed E-state index contributed by atoms with van der Waals surface area (Å²) < 4.78 is 1.07. The Bertz CT molecular complexity index is 150. The molecule has 0 rings (SSSR count). The molecule has 0 atom stereocenters. The molecule has 0 spiro atoms. The van der Waals surface area contributed by atoms with Crippen LogP contribution in [0.1, 0.15) is 6.92 Å². The molecule has 0 aromatic heterocycles. The van der Waals surface area contributed by atoms with Gasteiger partial charge < -0.3 is 14.4 Å². The fourth-order valence-corrected chi connectivity index (χ4v) is 0.154. The molecule has 0 aliphatic heterocycles. The molecule has 0 heterocycles. The molecular formula is C8H16ClNO2. The highest BCUT2D eigenvalue weighted by Crippen LogP contribution is 1.83. The van der Waals surface area contributed by atoms with E-state index in [9.17, 15) is 9.90 Å². The highest BCUT2D eigenvalue weighted by Gasteiger charge is 1.97. The SMILES string of the molecule is CC[N+](C)(C)C.O=C([O-])C=CCl. The second kappa shape index (κ2) is 7.13. The van der Waals surface area contributed by atoms with Crippen molar-refractivity contribution >= 4 is 17.6 Å². The van der Waals surface area contributed by atoms with Crippen molar-refractivity contribution in [3.63, 3.8) is 0 Å². The number of aliphatic carboxylic acids is 1. The summed E-state index contributed by atoms with van der Waals surface area (Å²) >= 11 is 4.80. The standard InChI is InChI=1S/C5H14N.C3H3ClO2/c1-5-6(2,3)4;4-2-1-3(5)6/h5H2,1-4H3;1-2H,(H,5,6)/q+1;/p-1. The number of rotatable bonds is 2. The number of quaternary nitrogens is 1. The number of nitrogens with zero attached hydrogens (tertiary/aromatic N) is 1. The number of hydrogen-bond acceptors (Lipinski definition) is 2. The lowest BCUT2D eigenvalue weighted by atomic mass is 10.6. The molecule has 0 aliphatic rings. The summed E-state index contributed by atoms with van der Waals surface area (Å²) in [7, 11) is 6.54. The Morgan fingerprint density at radius 1 is 1.50 bits per heavy atom. The van der Waals surface area contributed by atoms with Crippen LogP contribution in [0.3, 0.4) is 0 Å². The van der Waals surface area contributed by atoms with E-state index in [0.29, 0.717) is 0 Å². The van der Waals surface area contributed by atoms with Gasteiger partial charge in [0.15, 0.2) is 0 Å². The fraction of sp³-hybridized carbons (Fsp3) is 0.625. The van der Waals surface area contributed by atoms with Gasteiger partial charge in [0.05, 0.1) is 33.7 Å². The first-order valence-corrected chi connectivity index (χ1v) is 4.05. The van der Waals surface area contributed by atoms with Crippen LogP contribution in [0.2, 0.25) is 0 Å². The van der Waals surface area contributed by atoms with Crippen LogP contribution in [0.5, 0.6) is 0 Å². The molecule has 0 N–H and O–H groups in total. The van der Waals surface area contributed by atoms with Gasteiger partial charge in [0.25, 0.3) is 0 Å². The molecule has 0 aromatic rings. The summed E-state index contributed by atoms with van der Waals surface area (Å²) in [6.07, 6.45) is 0.738. The number of carbonyl (C=O) groups is 1. The van der Waals surface area contributed by atoms with Gasteiger partial charge in [0.1, 0.15) is 0 Å². The van der Waals surface area contributed by atoms with Gasteiger partial charge >= 0.3 is 0 Å². The molecule has 0 bridgehead atoms. The van der Waals surface area contributed by atoms with E-state index in [1.807, 2.05) is 0 Å². The maximum Gasteiger partial charge on any atom is 0.0751 e. The summed E-state index contributed by atoms with van der Waals surface area (Å²) in [6, 6.07) is 0. The number of carboxylic acid groups (broad SMARTS) is 1. The average molecular weight is 194 g/mol. The van der Waals surface area contributed by atoms with E-state index in [0.717, 1.165) is 16.1 Å². The van der Waals surface area contributed by atoms with E-state index in [1.165, 1.54) is 6.54 Å². The molecule has 0 aromatic carbocycles. The topological polar surface area (TPSA) is 40.1 Å². The third-order valence-corrected chi connectivity index (χ3v) is 1.27. The van der Waals surface area contributed by atoms with Crippen molar-refractivity contribution in [3.05, 3.63) is 11.6 Å². The van der Waals surface area contributed by atoms with Gasteiger partial charge in [0, 0.05) is 5.54 Å². The molecule has 12 heavy (non-hydrogen) atoms. The molecular weight excluding hydrogens is 178 g/mol. The van der Waals surface area contributed by atoms with Crippen molar-refractivity contribution in [1.29, 1.82) is 0 Å². The Labute approximate surface area is 78.8 Å². The van der Waals surface area contributed by atoms with E-state index in [1.54, 1.807) is 0 Å². The van der Waals surface area contributed by atoms with Crippen LogP contribution in [0, 0.1) is 0 Å². The van der Waals surface area contributed by atoms with Crippen LogP contribution in [-0.2, 0) is 4.79 Å². The van der Waals surface area contributed by atoms with Gasteiger partial charge in [-0.1, -0.05) is 11.6 Å². The largest absolute Gasteiger partial charge is 0.545 e. The van der Waals surface area contributed by atoms with Crippen LogP contribution in [0.15, 0.2) is 11.6 Å². The zero-order valence-electron chi connectivity index (χ0n) is 8.00. The van der Waals surface area contributed by atoms with E-state index in [4.69, 9.17) is 11.6 Å². The molecule has 4 heteroatoms. The summed E-state index contributed by atoms with van der Waals surface area (Å²) in [6.45, 7) is 3.39. The van der Waals surface area contributed by atoms with Crippen molar-refractivity contribution in [2.45, 2.75) is 6.92 Å². The summed E-state index contributed by atoms with van der Waals surface area (Å²) in [5, 5.41) is 9.32. The Balaban J connectivity index is 0. The first-order chi connectivity index (χ1) is 5.33. The third-order valence-electron chi connectivity index (χ3n) is 1.15. The zero-order chi connectivity index (χ0) is 10.2. The summed E-state index contributed by atoms with van der Waals surface area (Å²) in [4.78, 5) is 9.32. The van der Waals surface area contributed by atoms with Crippen LogP contribution in [0.4, 0.5) is 0 Å². The molecule has 72 valence electrons. The first-order valence-electron chi connectivity index (χ1n) is 3.61. The second-order valence-corrected chi connectivity index (χ2v) is 3.47. The van der Waals surface area contributed by atoms with E-state index in [-0.39, 0.29) is 0 Å². The van der Waals surface area contributed by atoms with Crippen LogP contribution >= 0.6 is 11.6 Å². The Hall–Kier alpha value is -0.540. The van der Waals surface area contributed by atoms with Crippen molar-refractivity contribution in [1.82, 2.24) is 0 Å². The Morgan fingerprint density at radius 2 is 1.83 bits per heavy atom. The van der Waals surface area contributed by atoms with Crippen LogP contribution in [-0.4, -0.2) is 38.1 Å². The lowest BCUT2D eigenvalue weighted by Gasteiger charge is -2.20. The number of halogens is 1. The molecule has 0 radical (unpaired) electrons. The van der Waals surface area contributed by atoms with Crippen molar-refractivity contribution in [3.8, 4) is 0 Å². The quantitative estimate of drug-likeness (QED) is 0.465. The van der Waals surface area contributed by atoms with E-state index >= 15 is 0 Å². The highest BCUT2D eigenvalue weighted by molar-refractivity contribution is 6.26. The predicted octanol–water partition coefficient (Wildman–Crippen LogP) is 0.201. The van der Waals surface area contributed by atoms with Gasteiger partial charge in [-0.05, 0) is 13.0 Å². The Morgan fingerprint density at radius 3 is 1.83 bits per heavy atom. The second-order valence-electron chi connectivity index (χ2n) is 3.22. The smallest absolute Gasteiger partial charge is 0.0751 e.